The van der Waals surface area contributed by atoms with E-state index in [0.717, 1.165) is 23.8 Å². The van der Waals surface area contributed by atoms with E-state index in [0.29, 0.717) is 12.0 Å². The summed E-state index contributed by atoms with van der Waals surface area (Å²) in [5.41, 5.74) is 5.61. The van der Waals surface area contributed by atoms with Crippen LogP contribution in [0.3, 0.4) is 0 Å². The van der Waals surface area contributed by atoms with Crippen molar-refractivity contribution in [1.82, 2.24) is 9.55 Å². The summed E-state index contributed by atoms with van der Waals surface area (Å²) >= 11 is 0. The van der Waals surface area contributed by atoms with E-state index >= 15 is 0 Å². The second-order valence-electron chi connectivity index (χ2n) is 6.13. The fraction of sp³-hybridized carbons (Fsp3) is 0.714. The summed E-state index contributed by atoms with van der Waals surface area (Å²) in [6.07, 6.45) is -0.679. The van der Waals surface area contributed by atoms with E-state index in [1.807, 2.05) is 6.92 Å². The molecule has 148 valence electrons. The van der Waals surface area contributed by atoms with Crippen molar-refractivity contribution in [3.63, 3.8) is 0 Å². The van der Waals surface area contributed by atoms with E-state index < -0.39 is 44.7 Å². The van der Waals surface area contributed by atoms with Crippen LogP contribution in [0.15, 0.2) is 11.0 Å². The Bertz CT molecular complexity index is 721. The van der Waals surface area contributed by atoms with E-state index in [1.165, 1.54) is 6.20 Å². The molecule has 0 spiro atoms. The van der Waals surface area contributed by atoms with Crippen LogP contribution >= 0.6 is 7.82 Å². The number of hydrogen-bond donors (Lipinski definition) is 5. The fourth-order valence-electron chi connectivity index (χ4n) is 2.73. The minimum absolute atomic E-state index is 0.0942. The molecule has 4 atom stereocenters. The highest BCUT2D eigenvalue weighted by Crippen LogP contribution is 2.38. The van der Waals surface area contributed by atoms with Crippen LogP contribution in [0.1, 0.15) is 38.0 Å². The summed E-state index contributed by atoms with van der Waals surface area (Å²) in [5.74, 6) is 0.0942. The maximum absolute atomic E-state index is 12.1. The van der Waals surface area contributed by atoms with Crippen LogP contribution in [0.25, 0.3) is 0 Å². The molecule has 1 aliphatic rings. The first-order chi connectivity index (χ1) is 12.1. The molecule has 0 aromatic carbocycles. The lowest BCUT2D eigenvalue weighted by Gasteiger charge is -2.18. The zero-order valence-corrected chi connectivity index (χ0v) is 15.2. The van der Waals surface area contributed by atoms with Gasteiger partial charge in [0.25, 0.3) is 0 Å². The van der Waals surface area contributed by atoms with Gasteiger partial charge in [-0.1, -0.05) is 19.8 Å². The van der Waals surface area contributed by atoms with Gasteiger partial charge in [-0.15, -0.1) is 0 Å². The summed E-state index contributed by atoms with van der Waals surface area (Å²) in [7, 11) is -4.77. The third-order valence-electron chi connectivity index (χ3n) is 4.13. The van der Waals surface area contributed by atoms with Gasteiger partial charge in [0, 0.05) is 11.8 Å². The summed E-state index contributed by atoms with van der Waals surface area (Å²) in [4.78, 5) is 33.3. The molecule has 0 amide bonds. The molecule has 0 bridgehead atoms. The number of anilines is 1. The summed E-state index contributed by atoms with van der Waals surface area (Å²) in [6.45, 7) is 1.39. The van der Waals surface area contributed by atoms with E-state index in [2.05, 4.69) is 9.51 Å². The molecule has 6 N–H and O–H groups in total. The van der Waals surface area contributed by atoms with Crippen molar-refractivity contribution in [2.75, 3.05) is 12.3 Å². The van der Waals surface area contributed by atoms with E-state index in [1.54, 1.807) is 0 Å². The molecule has 1 fully saturated rings. The van der Waals surface area contributed by atoms with Crippen LogP contribution in [-0.2, 0) is 20.2 Å². The Hall–Kier alpha value is -1.33. The molecular weight excluding hydrogens is 369 g/mol. The molecule has 12 heteroatoms. The number of phosphoric acid groups is 1. The van der Waals surface area contributed by atoms with Crippen LogP contribution in [0.4, 0.5) is 5.82 Å². The van der Waals surface area contributed by atoms with E-state index in [9.17, 15) is 19.6 Å². The first kappa shape index (κ1) is 21.0. The highest BCUT2D eigenvalue weighted by atomic mass is 31.2. The van der Waals surface area contributed by atoms with Crippen LogP contribution in [0.5, 0.6) is 0 Å². The van der Waals surface area contributed by atoms with Crippen molar-refractivity contribution < 1.29 is 33.8 Å². The van der Waals surface area contributed by atoms with Crippen LogP contribution in [-0.4, -0.2) is 54.5 Å². The molecule has 2 rings (SSSR count). The van der Waals surface area contributed by atoms with Crippen LogP contribution in [0.2, 0.25) is 0 Å². The third-order valence-corrected chi connectivity index (χ3v) is 4.61. The fourth-order valence-corrected chi connectivity index (χ4v) is 3.07. The number of aryl methyl sites for hydroxylation is 1. The predicted molar refractivity (Wildman–Crippen MR) is 90.1 cm³/mol. The van der Waals surface area contributed by atoms with E-state index in [-0.39, 0.29) is 5.82 Å². The number of aliphatic hydroxyl groups is 2. The molecule has 1 aromatic rings. The molecule has 26 heavy (non-hydrogen) atoms. The average molecular weight is 393 g/mol. The maximum Gasteiger partial charge on any atom is 0.469 e. The van der Waals surface area contributed by atoms with Gasteiger partial charge < -0.3 is 30.5 Å². The van der Waals surface area contributed by atoms with Crippen LogP contribution < -0.4 is 11.4 Å². The number of unbranched alkanes of at least 4 members (excludes halogenated alkanes) is 2. The summed E-state index contributed by atoms with van der Waals surface area (Å²) in [5, 5.41) is 20.2. The van der Waals surface area contributed by atoms with E-state index in [4.69, 9.17) is 20.3 Å². The van der Waals surface area contributed by atoms with Gasteiger partial charge in [-0.05, 0) is 12.8 Å². The maximum atomic E-state index is 12.1. The van der Waals surface area contributed by atoms with Crippen molar-refractivity contribution in [1.29, 1.82) is 0 Å². The first-order valence-electron chi connectivity index (χ1n) is 8.23. The molecule has 0 radical (unpaired) electrons. The molecule has 1 unspecified atom stereocenters. The van der Waals surface area contributed by atoms with Crippen LogP contribution in [0, 0.1) is 0 Å². The van der Waals surface area contributed by atoms with Gasteiger partial charge in [0.05, 0.1) is 6.61 Å². The zero-order valence-electron chi connectivity index (χ0n) is 14.3. The monoisotopic (exact) mass is 393 g/mol. The molecule has 1 aliphatic heterocycles. The number of aliphatic hydroxyl groups excluding tert-OH is 2. The van der Waals surface area contributed by atoms with Gasteiger partial charge >= 0.3 is 13.5 Å². The van der Waals surface area contributed by atoms with Crippen molar-refractivity contribution in [2.45, 2.75) is 57.1 Å². The first-order valence-corrected chi connectivity index (χ1v) is 9.76. The second-order valence-corrected chi connectivity index (χ2v) is 7.37. The number of hydrogen-bond acceptors (Lipinski definition) is 8. The molecule has 11 nitrogen and oxygen atoms in total. The number of aromatic nitrogens is 2. The zero-order chi connectivity index (χ0) is 19.5. The number of rotatable bonds is 8. The lowest BCUT2D eigenvalue weighted by molar-refractivity contribution is -0.0543. The minimum atomic E-state index is -4.77. The molecule has 0 aliphatic carbocycles. The van der Waals surface area contributed by atoms with Gasteiger partial charge in [-0.3, -0.25) is 9.09 Å². The Balaban J connectivity index is 2.20. The Kier molecular flexibility index (Phi) is 6.92. The van der Waals surface area contributed by atoms with Crippen molar-refractivity contribution in [3.05, 3.63) is 22.2 Å². The minimum Gasteiger partial charge on any atom is -0.387 e. The smallest absolute Gasteiger partial charge is 0.387 e. The number of nitrogens with zero attached hydrogens (tertiary/aromatic N) is 2. The van der Waals surface area contributed by atoms with Gasteiger partial charge in [0.15, 0.2) is 6.23 Å². The number of nitrogens with two attached hydrogens (primary N) is 1. The van der Waals surface area contributed by atoms with Gasteiger partial charge in [0.1, 0.15) is 24.1 Å². The predicted octanol–water partition coefficient (Wildman–Crippen LogP) is -0.713. The molecule has 2 heterocycles. The molecule has 1 saturated heterocycles. The Labute approximate surface area is 149 Å². The highest BCUT2D eigenvalue weighted by Gasteiger charge is 2.45. The Morgan fingerprint density at radius 1 is 1.35 bits per heavy atom. The Morgan fingerprint density at radius 2 is 2.04 bits per heavy atom. The lowest BCUT2D eigenvalue weighted by Crippen LogP contribution is -2.36. The highest BCUT2D eigenvalue weighted by molar-refractivity contribution is 7.46. The van der Waals surface area contributed by atoms with Gasteiger partial charge in [-0.2, -0.15) is 4.98 Å². The topological polar surface area (TPSA) is 177 Å². The number of ether oxygens (including phenoxy) is 1. The molecule has 1 aromatic heterocycles. The normalized spacial score (nSPS) is 26.3. The van der Waals surface area contributed by atoms with Crippen molar-refractivity contribution in [2.24, 2.45) is 0 Å². The quantitative estimate of drug-likeness (QED) is 0.280. The second kappa shape index (κ2) is 8.57. The van der Waals surface area contributed by atoms with Crippen molar-refractivity contribution >= 4 is 13.6 Å². The summed E-state index contributed by atoms with van der Waals surface area (Å²) < 4.78 is 21.5. The Morgan fingerprint density at radius 3 is 2.65 bits per heavy atom. The van der Waals surface area contributed by atoms with Crippen molar-refractivity contribution in [3.8, 4) is 0 Å². The average Bonchev–Trinajstić information content (AvgIpc) is 2.83. The number of nitrogen functional groups attached to an aromatic ring is 1. The SMILES string of the molecule is CCCCCc1cn(C2O[C@H](COP(=O)(O)O)[C@@H](O)[C@H]2O)c(=O)nc1N. The summed E-state index contributed by atoms with van der Waals surface area (Å²) in [6, 6.07) is 0. The number of phosphoric ester groups is 1. The lowest BCUT2D eigenvalue weighted by atomic mass is 10.1. The molecular formula is C14H24N3O8P. The standard InChI is InChI=1S/C14H24N3O8P/c1-2-3-4-5-8-6-17(14(20)16-12(8)15)13-11(19)10(18)9(25-13)7-24-26(21,22)23/h6,9-11,13,18-19H,2-5,7H2,1H3,(H2,15,16,20)(H2,21,22,23)/t9-,10-,11-,13?/m1/s1. The molecule has 0 saturated carbocycles. The third kappa shape index (κ3) is 5.10. The van der Waals surface area contributed by atoms with Gasteiger partial charge in [0.2, 0.25) is 0 Å². The largest absolute Gasteiger partial charge is 0.469 e. The van der Waals surface area contributed by atoms with Gasteiger partial charge in [-0.25, -0.2) is 9.36 Å².